The number of nitrogens with one attached hydrogen (secondary N) is 3. The van der Waals surface area contributed by atoms with Gasteiger partial charge in [0.2, 0.25) is 5.56 Å². The van der Waals surface area contributed by atoms with Crippen molar-refractivity contribution in [3.8, 4) is 5.88 Å². The first-order valence-electron chi connectivity index (χ1n) is 19.9. The molecule has 3 N–H and O–H groups in total. The monoisotopic (exact) mass is 790 g/mol. The van der Waals surface area contributed by atoms with E-state index in [1.165, 1.54) is 27.9 Å². The lowest BCUT2D eigenvalue weighted by Gasteiger charge is -2.35. The number of hydrogen-bond acceptors (Lipinski definition) is 5. The molecule has 0 aliphatic heterocycles. The normalized spacial score (nSPS) is 11.9. The second-order valence-electron chi connectivity index (χ2n) is 17.5. The second kappa shape index (κ2) is 18.1. The number of halogens is 1. The molecule has 8 heteroatoms. The molecule has 298 valence electrons. The average Bonchev–Trinajstić information content (AvgIpc) is 3.11. The lowest BCUT2D eigenvalue weighted by molar-refractivity contribution is 0.478. The Bertz CT molecular complexity index is 2270. The lowest BCUT2D eigenvalue weighted by atomic mass is 9.92. The van der Waals surface area contributed by atoms with Gasteiger partial charge >= 0.3 is 0 Å². The zero-order chi connectivity index (χ0) is 40.2. The standard InChI is InChI=1S/C27H38N2OSi.C21H24N2O.ClH/c1-18(2)21-13-11-14-22(19(3)4)26(21)28-23-15-10-12-20-16-17-24(29-25(20)23)30-31(8,9)27(5,6)7;1-13(2)16-8-6-9-17(14(3)4)21(16)22-18-10-5-7-15-11-12-19(24)23-20(15)18;/h10-19,28H,1-9H3;5-14,22H,1-4H3,(H,23,24);1H. The minimum absolute atomic E-state index is 0. The van der Waals surface area contributed by atoms with Crippen LogP contribution in [0.1, 0.15) is 122 Å². The summed E-state index contributed by atoms with van der Waals surface area (Å²) in [5, 5.41) is 9.63. The smallest absolute Gasteiger partial charge is 0.252 e. The third-order valence-electron chi connectivity index (χ3n) is 10.9. The maximum absolute atomic E-state index is 11.8. The highest BCUT2D eigenvalue weighted by atomic mass is 35.5. The minimum atomic E-state index is -1.96. The molecule has 0 spiro atoms. The minimum Gasteiger partial charge on any atom is -0.531 e. The number of pyridine rings is 2. The van der Waals surface area contributed by atoms with Gasteiger partial charge in [-0.05, 0) is 94.4 Å². The van der Waals surface area contributed by atoms with Crippen LogP contribution in [-0.2, 0) is 0 Å². The van der Waals surface area contributed by atoms with Crippen molar-refractivity contribution in [2.45, 2.75) is 118 Å². The number of rotatable bonds is 10. The fraction of sp³-hybridized carbons (Fsp3) is 0.375. The Balaban J connectivity index is 0.000000252. The summed E-state index contributed by atoms with van der Waals surface area (Å²) in [5.74, 6) is 2.42. The predicted molar refractivity (Wildman–Crippen MR) is 247 cm³/mol. The topological polar surface area (TPSA) is 79.0 Å². The molecule has 6 rings (SSSR count). The number of fused-ring (bicyclic) bond motifs is 2. The van der Waals surface area contributed by atoms with Crippen LogP contribution >= 0.6 is 12.4 Å². The van der Waals surface area contributed by atoms with Crippen molar-refractivity contribution in [2.75, 3.05) is 10.6 Å². The van der Waals surface area contributed by atoms with Crippen LogP contribution in [0.5, 0.6) is 5.88 Å². The van der Waals surface area contributed by atoms with Crippen LogP contribution in [-0.4, -0.2) is 18.3 Å². The summed E-state index contributed by atoms with van der Waals surface area (Å²) in [7, 11) is -1.96. The second-order valence-corrected chi connectivity index (χ2v) is 22.2. The molecule has 0 saturated carbocycles. The first-order valence-corrected chi connectivity index (χ1v) is 22.8. The Kier molecular flexibility index (Phi) is 14.3. The van der Waals surface area contributed by atoms with Crippen molar-refractivity contribution in [1.29, 1.82) is 0 Å². The fourth-order valence-electron chi connectivity index (χ4n) is 6.64. The summed E-state index contributed by atoms with van der Waals surface area (Å²) in [6.45, 7) is 29.1. The number of aromatic amines is 1. The van der Waals surface area contributed by atoms with Crippen molar-refractivity contribution in [2.24, 2.45) is 0 Å². The van der Waals surface area contributed by atoms with Crippen LogP contribution in [0, 0.1) is 0 Å². The van der Waals surface area contributed by atoms with Gasteiger partial charge in [-0.3, -0.25) is 4.79 Å². The van der Waals surface area contributed by atoms with E-state index in [9.17, 15) is 4.79 Å². The summed E-state index contributed by atoms with van der Waals surface area (Å²) in [4.78, 5) is 19.7. The van der Waals surface area contributed by atoms with E-state index in [-0.39, 0.29) is 23.0 Å². The van der Waals surface area contributed by atoms with E-state index in [1.807, 2.05) is 30.3 Å². The van der Waals surface area contributed by atoms with Gasteiger partial charge in [0, 0.05) is 28.2 Å². The zero-order valence-corrected chi connectivity index (χ0v) is 37.5. The van der Waals surface area contributed by atoms with E-state index in [1.54, 1.807) is 6.07 Å². The molecule has 0 aliphatic rings. The summed E-state index contributed by atoms with van der Waals surface area (Å²) in [6, 6.07) is 33.0. The van der Waals surface area contributed by atoms with Gasteiger partial charge in [-0.1, -0.05) is 137 Å². The van der Waals surface area contributed by atoms with Crippen LogP contribution in [0.25, 0.3) is 21.8 Å². The zero-order valence-electron chi connectivity index (χ0n) is 35.7. The van der Waals surface area contributed by atoms with Gasteiger partial charge in [0.25, 0.3) is 8.32 Å². The number of nitrogens with zero attached hydrogens (tertiary/aromatic N) is 1. The van der Waals surface area contributed by atoms with Gasteiger partial charge in [0.15, 0.2) is 5.88 Å². The molecule has 0 amide bonds. The van der Waals surface area contributed by atoms with Crippen molar-refractivity contribution in [1.82, 2.24) is 9.97 Å². The Morgan fingerprint density at radius 2 is 1.02 bits per heavy atom. The third-order valence-corrected chi connectivity index (χ3v) is 15.2. The highest BCUT2D eigenvalue weighted by molar-refractivity contribution is 6.74. The molecule has 56 heavy (non-hydrogen) atoms. The molecule has 0 unspecified atom stereocenters. The van der Waals surface area contributed by atoms with Crippen molar-refractivity contribution in [3.05, 3.63) is 130 Å². The first kappa shape index (κ1) is 44.1. The van der Waals surface area contributed by atoms with Crippen LogP contribution in [0.2, 0.25) is 18.1 Å². The van der Waals surface area contributed by atoms with E-state index in [4.69, 9.17) is 9.41 Å². The molecular formula is C48H63ClN4O2Si. The van der Waals surface area contributed by atoms with Crippen LogP contribution < -0.4 is 20.6 Å². The number of para-hydroxylation sites is 4. The highest BCUT2D eigenvalue weighted by Gasteiger charge is 2.39. The largest absolute Gasteiger partial charge is 0.531 e. The maximum atomic E-state index is 11.8. The van der Waals surface area contributed by atoms with Crippen molar-refractivity contribution in [3.63, 3.8) is 0 Å². The van der Waals surface area contributed by atoms with E-state index < -0.39 is 8.32 Å². The van der Waals surface area contributed by atoms with Gasteiger partial charge < -0.3 is 20.0 Å². The maximum Gasteiger partial charge on any atom is 0.252 e. The van der Waals surface area contributed by atoms with Gasteiger partial charge in [-0.15, -0.1) is 12.4 Å². The molecule has 0 radical (unpaired) electrons. The molecule has 6 nitrogen and oxygen atoms in total. The number of H-pyrrole nitrogens is 1. The first-order chi connectivity index (χ1) is 25.9. The van der Waals surface area contributed by atoms with Gasteiger partial charge in [-0.25, -0.2) is 4.98 Å². The predicted octanol–water partition coefficient (Wildman–Crippen LogP) is 14.5. The summed E-state index contributed by atoms with van der Waals surface area (Å²) < 4.78 is 6.50. The molecule has 0 aliphatic carbocycles. The Hall–Kier alpha value is -4.59. The molecular weight excluding hydrogens is 728 g/mol. The van der Waals surface area contributed by atoms with E-state index in [0.717, 1.165) is 44.7 Å². The number of anilines is 4. The summed E-state index contributed by atoms with van der Waals surface area (Å²) >= 11 is 0. The molecule has 0 bridgehead atoms. The Morgan fingerprint density at radius 3 is 1.50 bits per heavy atom. The van der Waals surface area contributed by atoms with Gasteiger partial charge in [0.05, 0.1) is 22.4 Å². The molecule has 0 fully saturated rings. The van der Waals surface area contributed by atoms with Crippen LogP contribution in [0.4, 0.5) is 22.7 Å². The van der Waals surface area contributed by atoms with E-state index in [0.29, 0.717) is 23.7 Å². The molecule has 0 saturated heterocycles. The fourth-order valence-corrected chi connectivity index (χ4v) is 7.59. The van der Waals surface area contributed by atoms with E-state index in [2.05, 4.69) is 166 Å². The molecule has 2 aromatic heterocycles. The van der Waals surface area contributed by atoms with E-state index >= 15 is 0 Å². The number of aromatic nitrogens is 2. The molecule has 2 heterocycles. The van der Waals surface area contributed by atoms with Crippen molar-refractivity contribution >= 4 is 65.3 Å². The number of benzene rings is 4. The lowest BCUT2D eigenvalue weighted by Crippen LogP contribution is -2.44. The Labute approximate surface area is 342 Å². The SMILES string of the molecule is CC(C)c1cccc(C(C)C)c1Nc1cccc2ccc(=O)[nH]c12.CC(C)c1cccc(C(C)C)c1Nc1cccc2ccc(O[Si](C)(C)C(C)(C)C)nc12.Cl. The highest BCUT2D eigenvalue weighted by Crippen LogP contribution is 2.40. The molecule has 0 atom stereocenters. The number of hydrogen-bond donors (Lipinski definition) is 3. The third kappa shape index (κ3) is 10.0. The summed E-state index contributed by atoms with van der Waals surface area (Å²) in [5.41, 5.74) is 11.3. The van der Waals surface area contributed by atoms with Crippen LogP contribution in [0.15, 0.2) is 102 Å². The van der Waals surface area contributed by atoms with Crippen LogP contribution in [0.3, 0.4) is 0 Å². The van der Waals surface area contributed by atoms with Gasteiger partial charge in [-0.2, -0.15) is 0 Å². The van der Waals surface area contributed by atoms with Gasteiger partial charge in [0.1, 0.15) is 0 Å². The molecule has 6 aromatic rings. The quantitative estimate of drug-likeness (QED) is 0.120. The Morgan fingerprint density at radius 1 is 0.589 bits per heavy atom. The summed E-state index contributed by atoms with van der Waals surface area (Å²) in [6.07, 6.45) is 0. The average molecular weight is 792 g/mol. The van der Waals surface area contributed by atoms with Crippen molar-refractivity contribution < 1.29 is 4.43 Å². The molecule has 4 aromatic carbocycles.